The zero-order chi connectivity index (χ0) is 14.7. The van der Waals surface area contributed by atoms with E-state index in [1.165, 1.54) is 6.07 Å². The third-order valence-corrected chi connectivity index (χ3v) is 3.17. The molecule has 1 heterocycles. The number of aliphatic carboxylic acids is 1. The number of carboxylic acid groups (broad SMARTS) is 1. The van der Waals surface area contributed by atoms with Crippen molar-refractivity contribution in [2.45, 2.75) is 6.04 Å². The first-order valence-corrected chi connectivity index (χ1v) is 6.20. The maximum atomic E-state index is 13.1. The van der Waals surface area contributed by atoms with E-state index in [4.69, 9.17) is 21.4 Å². The fourth-order valence-corrected chi connectivity index (χ4v) is 2.00. The Morgan fingerprint density at radius 1 is 1.50 bits per heavy atom. The molecule has 1 aromatic carbocycles. The van der Waals surface area contributed by atoms with Gasteiger partial charge in [-0.05, 0) is 18.2 Å². The van der Waals surface area contributed by atoms with Gasteiger partial charge >= 0.3 is 12.0 Å². The Bertz CT molecular complexity index is 540. The van der Waals surface area contributed by atoms with Gasteiger partial charge in [-0.25, -0.2) is 14.0 Å². The first kappa shape index (κ1) is 14.5. The summed E-state index contributed by atoms with van der Waals surface area (Å²) in [5.41, 5.74) is 0.0901. The molecule has 1 aliphatic rings. The normalized spacial score (nSPS) is 18.7. The average Bonchev–Trinajstić information content (AvgIpc) is 2.42. The molecule has 0 aliphatic carbocycles. The third-order valence-electron chi connectivity index (χ3n) is 2.84. The summed E-state index contributed by atoms with van der Waals surface area (Å²) in [7, 11) is 0. The summed E-state index contributed by atoms with van der Waals surface area (Å²) in [6.45, 7) is 0.295. The van der Waals surface area contributed by atoms with Crippen LogP contribution in [0.25, 0.3) is 0 Å². The molecule has 108 valence electrons. The maximum absolute atomic E-state index is 13.1. The lowest BCUT2D eigenvalue weighted by atomic mass is 10.2. The van der Waals surface area contributed by atoms with E-state index in [-0.39, 0.29) is 30.5 Å². The van der Waals surface area contributed by atoms with Gasteiger partial charge in [0.1, 0.15) is 5.82 Å². The Morgan fingerprint density at radius 2 is 2.25 bits per heavy atom. The number of ether oxygens (including phenoxy) is 1. The van der Waals surface area contributed by atoms with Gasteiger partial charge in [0.15, 0.2) is 6.04 Å². The SMILES string of the molecule is O=C(O)C1COCCN1C(=O)Nc1cc(F)ccc1Cl. The van der Waals surface area contributed by atoms with Crippen LogP contribution in [0.4, 0.5) is 14.9 Å². The van der Waals surface area contributed by atoms with Crippen LogP contribution in [0.5, 0.6) is 0 Å². The Hall–Kier alpha value is -1.86. The van der Waals surface area contributed by atoms with Crippen molar-refractivity contribution in [3.63, 3.8) is 0 Å². The molecule has 1 unspecified atom stereocenters. The number of anilines is 1. The van der Waals surface area contributed by atoms with Crippen LogP contribution in [0.1, 0.15) is 0 Å². The number of hydrogen-bond acceptors (Lipinski definition) is 3. The van der Waals surface area contributed by atoms with Crippen molar-refractivity contribution in [1.29, 1.82) is 0 Å². The van der Waals surface area contributed by atoms with Gasteiger partial charge in [0.2, 0.25) is 0 Å². The molecule has 1 saturated heterocycles. The van der Waals surface area contributed by atoms with E-state index < -0.39 is 23.9 Å². The first-order valence-electron chi connectivity index (χ1n) is 5.82. The Labute approximate surface area is 119 Å². The van der Waals surface area contributed by atoms with Gasteiger partial charge in [-0.3, -0.25) is 0 Å². The smallest absolute Gasteiger partial charge is 0.328 e. The van der Waals surface area contributed by atoms with Gasteiger partial charge in [0.25, 0.3) is 0 Å². The number of nitrogens with one attached hydrogen (secondary N) is 1. The summed E-state index contributed by atoms with van der Waals surface area (Å²) in [6.07, 6.45) is 0. The topological polar surface area (TPSA) is 78.9 Å². The van der Waals surface area contributed by atoms with Crippen molar-refractivity contribution in [3.8, 4) is 0 Å². The molecule has 0 aromatic heterocycles. The molecule has 6 nitrogen and oxygen atoms in total. The van der Waals surface area contributed by atoms with Crippen LogP contribution in [0.3, 0.4) is 0 Å². The van der Waals surface area contributed by atoms with E-state index in [1.807, 2.05) is 0 Å². The summed E-state index contributed by atoms with van der Waals surface area (Å²) in [4.78, 5) is 24.2. The van der Waals surface area contributed by atoms with Crippen LogP contribution in [-0.4, -0.2) is 47.8 Å². The van der Waals surface area contributed by atoms with Crippen molar-refractivity contribution in [2.24, 2.45) is 0 Å². The molecule has 1 fully saturated rings. The molecule has 0 saturated carbocycles. The summed E-state index contributed by atoms with van der Waals surface area (Å²) in [5, 5.41) is 11.6. The van der Waals surface area contributed by atoms with E-state index in [9.17, 15) is 14.0 Å². The molecule has 2 rings (SSSR count). The summed E-state index contributed by atoms with van der Waals surface area (Å²) in [5.74, 6) is -1.72. The molecule has 20 heavy (non-hydrogen) atoms. The van der Waals surface area contributed by atoms with Crippen LogP contribution < -0.4 is 5.32 Å². The van der Waals surface area contributed by atoms with Crippen molar-refractivity contribution >= 4 is 29.3 Å². The number of carboxylic acids is 1. The Kier molecular flexibility index (Phi) is 4.41. The van der Waals surface area contributed by atoms with Crippen molar-refractivity contribution in [2.75, 3.05) is 25.1 Å². The second-order valence-electron chi connectivity index (χ2n) is 4.18. The largest absolute Gasteiger partial charge is 0.480 e. The number of urea groups is 1. The number of carbonyl (C=O) groups excluding carboxylic acids is 1. The van der Waals surface area contributed by atoms with Crippen molar-refractivity contribution in [3.05, 3.63) is 29.0 Å². The highest BCUT2D eigenvalue weighted by atomic mass is 35.5. The number of hydrogen-bond donors (Lipinski definition) is 2. The second-order valence-corrected chi connectivity index (χ2v) is 4.58. The molecule has 2 amide bonds. The van der Waals surface area contributed by atoms with E-state index in [0.717, 1.165) is 17.0 Å². The number of benzene rings is 1. The highest BCUT2D eigenvalue weighted by Gasteiger charge is 2.33. The van der Waals surface area contributed by atoms with Gasteiger partial charge in [-0.1, -0.05) is 11.6 Å². The Balaban J connectivity index is 2.14. The fourth-order valence-electron chi connectivity index (χ4n) is 1.83. The van der Waals surface area contributed by atoms with Gasteiger partial charge < -0.3 is 20.1 Å². The molecule has 0 bridgehead atoms. The first-order chi connectivity index (χ1) is 9.49. The van der Waals surface area contributed by atoms with Crippen LogP contribution in [0, 0.1) is 5.82 Å². The minimum absolute atomic E-state index is 0.0837. The third kappa shape index (κ3) is 3.17. The zero-order valence-electron chi connectivity index (χ0n) is 10.3. The molecular formula is C12H12ClFN2O4. The number of carbonyl (C=O) groups is 2. The Morgan fingerprint density at radius 3 is 2.95 bits per heavy atom. The van der Waals surface area contributed by atoms with E-state index in [0.29, 0.717) is 0 Å². The molecular weight excluding hydrogens is 291 g/mol. The van der Waals surface area contributed by atoms with Crippen LogP contribution in [0.15, 0.2) is 18.2 Å². The molecule has 1 aliphatic heterocycles. The summed E-state index contributed by atoms with van der Waals surface area (Å²) in [6, 6.07) is 1.80. The monoisotopic (exact) mass is 302 g/mol. The van der Waals surface area contributed by atoms with Gasteiger partial charge in [0, 0.05) is 6.54 Å². The number of morpholine rings is 1. The highest BCUT2D eigenvalue weighted by Crippen LogP contribution is 2.23. The lowest BCUT2D eigenvalue weighted by Crippen LogP contribution is -2.53. The number of rotatable bonds is 2. The molecule has 0 radical (unpaired) electrons. The average molecular weight is 303 g/mol. The predicted molar refractivity (Wildman–Crippen MR) is 69.4 cm³/mol. The van der Waals surface area contributed by atoms with Crippen molar-refractivity contribution < 1.29 is 23.8 Å². The maximum Gasteiger partial charge on any atom is 0.328 e. The van der Waals surface area contributed by atoms with Crippen molar-refractivity contribution in [1.82, 2.24) is 4.90 Å². The van der Waals surface area contributed by atoms with Crippen LogP contribution >= 0.6 is 11.6 Å². The molecule has 1 aromatic rings. The van der Waals surface area contributed by atoms with Gasteiger partial charge in [0.05, 0.1) is 23.9 Å². The second kappa shape index (κ2) is 6.06. The quantitative estimate of drug-likeness (QED) is 0.873. The lowest BCUT2D eigenvalue weighted by molar-refractivity contribution is -0.147. The zero-order valence-corrected chi connectivity index (χ0v) is 11.1. The predicted octanol–water partition coefficient (Wildman–Crippen LogP) is 1.80. The van der Waals surface area contributed by atoms with E-state index >= 15 is 0 Å². The van der Waals surface area contributed by atoms with Gasteiger partial charge in [-0.2, -0.15) is 0 Å². The number of nitrogens with zero attached hydrogens (tertiary/aromatic N) is 1. The van der Waals surface area contributed by atoms with E-state index in [1.54, 1.807) is 0 Å². The van der Waals surface area contributed by atoms with Gasteiger partial charge in [-0.15, -0.1) is 0 Å². The molecule has 8 heteroatoms. The number of halogens is 2. The molecule has 1 atom stereocenters. The minimum atomic E-state index is -1.16. The molecule has 2 N–H and O–H groups in total. The van der Waals surface area contributed by atoms with E-state index in [2.05, 4.69) is 5.32 Å². The summed E-state index contributed by atoms with van der Waals surface area (Å²) < 4.78 is 18.1. The fraction of sp³-hybridized carbons (Fsp3) is 0.333. The lowest BCUT2D eigenvalue weighted by Gasteiger charge is -2.32. The summed E-state index contributed by atoms with van der Waals surface area (Å²) >= 11 is 5.84. The minimum Gasteiger partial charge on any atom is -0.480 e. The highest BCUT2D eigenvalue weighted by molar-refractivity contribution is 6.33. The van der Waals surface area contributed by atoms with Crippen LogP contribution in [0.2, 0.25) is 5.02 Å². The standard InChI is InChI=1S/C12H12ClFN2O4/c13-8-2-1-7(14)5-9(8)15-12(19)16-3-4-20-6-10(16)11(17)18/h1-2,5,10H,3-4,6H2,(H,15,19)(H,17,18). The molecule has 0 spiro atoms. The van der Waals surface area contributed by atoms with Crippen LogP contribution in [-0.2, 0) is 9.53 Å². The number of amides is 2.